The van der Waals surface area contributed by atoms with Gasteiger partial charge in [0.05, 0.1) is 7.11 Å². The molecule has 0 bridgehead atoms. The molecule has 5 nitrogen and oxygen atoms in total. The summed E-state index contributed by atoms with van der Waals surface area (Å²) in [4.78, 5) is 11.9. The maximum atomic E-state index is 11.9. The number of aromatic nitrogens is 2. The van der Waals surface area contributed by atoms with Gasteiger partial charge in [-0.05, 0) is 39.2 Å². The number of rotatable bonds is 6. The molecule has 128 valence electrons. The van der Waals surface area contributed by atoms with Crippen molar-refractivity contribution >= 4 is 16.3 Å². The number of ether oxygens (including phenoxy) is 1. The molecule has 0 aliphatic carbocycles. The number of hydrogen-bond acceptors (Lipinski definition) is 4. The summed E-state index contributed by atoms with van der Waals surface area (Å²) in [6.07, 6.45) is 5.24. The quantitative estimate of drug-likeness (QED) is 0.743. The van der Waals surface area contributed by atoms with Crippen LogP contribution < -0.4 is 4.18 Å². The largest absolute Gasteiger partial charge is 0.464 e. The number of hydrogen-bond donors (Lipinski definition) is 0. The zero-order valence-electron chi connectivity index (χ0n) is 15.1. The van der Waals surface area contributed by atoms with Gasteiger partial charge in [0.2, 0.25) is 5.88 Å². The van der Waals surface area contributed by atoms with E-state index in [2.05, 4.69) is 52.2 Å². The van der Waals surface area contributed by atoms with Crippen molar-refractivity contribution < 1.29 is 13.7 Å². The summed E-state index contributed by atoms with van der Waals surface area (Å²) >= 11 is 0. The Kier molecular flexibility index (Phi) is 5.96. The average Bonchev–Trinajstić information content (AvgIpc) is 2.78. The van der Waals surface area contributed by atoms with E-state index in [9.17, 15) is 4.79 Å². The molecular formula is C16H30N2O3S. The molecule has 1 heterocycles. The molecule has 1 rings (SSSR count). The number of methoxy groups -OCH3 is 1. The van der Waals surface area contributed by atoms with Crippen molar-refractivity contribution in [3.05, 3.63) is 11.8 Å². The molecule has 0 fully saturated rings. The third-order valence-corrected chi connectivity index (χ3v) is 7.64. The summed E-state index contributed by atoms with van der Waals surface area (Å²) in [6.45, 7) is 11.4. The molecular weight excluding hydrogens is 300 g/mol. The van der Waals surface area contributed by atoms with Gasteiger partial charge in [0.1, 0.15) is 5.69 Å². The van der Waals surface area contributed by atoms with Crippen LogP contribution in [0.15, 0.2) is 6.07 Å². The summed E-state index contributed by atoms with van der Waals surface area (Å²) in [5.74, 6) is 0.548. The van der Waals surface area contributed by atoms with Crippen molar-refractivity contribution in [2.24, 2.45) is 5.92 Å². The van der Waals surface area contributed by atoms with Crippen LogP contribution in [0, 0.1) is 5.92 Å². The van der Waals surface area contributed by atoms with E-state index in [0.717, 1.165) is 6.42 Å². The van der Waals surface area contributed by atoms with Gasteiger partial charge in [-0.3, -0.25) is 4.68 Å². The van der Waals surface area contributed by atoms with Crippen LogP contribution in [0.5, 0.6) is 5.88 Å². The number of nitrogens with zero attached hydrogens (tertiary/aromatic N) is 2. The third-order valence-electron chi connectivity index (χ3n) is 4.10. The summed E-state index contributed by atoms with van der Waals surface area (Å²) in [5.41, 5.74) is 0.446. The Morgan fingerprint density at radius 1 is 1.41 bits per heavy atom. The van der Waals surface area contributed by atoms with Crippen LogP contribution in [-0.4, -0.2) is 40.1 Å². The van der Waals surface area contributed by atoms with E-state index in [1.54, 1.807) is 10.7 Å². The van der Waals surface area contributed by atoms with E-state index >= 15 is 0 Å². The fourth-order valence-corrected chi connectivity index (χ4v) is 2.36. The molecule has 0 aromatic carbocycles. The second-order valence-corrected chi connectivity index (χ2v) is 10.8. The van der Waals surface area contributed by atoms with Crippen LogP contribution in [0.25, 0.3) is 0 Å². The highest BCUT2D eigenvalue weighted by Gasteiger charge is 2.31. The first-order chi connectivity index (χ1) is 10.0. The predicted molar refractivity (Wildman–Crippen MR) is 92.8 cm³/mol. The van der Waals surface area contributed by atoms with E-state index in [-0.39, 0.29) is 10.7 Å². The molecule has 22 heavy (non-hydrogen) atoms. The van der Waals surface area contributed by atoms with Crippen molar-refractivity contribution in [2.75, 3.05) is 19.6 Å². The molecule has 0 spiro atoms. The third kappa shape index (κ3) is 4.41. The number of carbonyl (C=O) groups is 1. The molecule has 0 saturated heterocycles. The zero-order valence-corrected chi connectivity index (χ0v) is 15.9. The first-order valence-corrected chi connectivity index (χ1v) is 9.97. The molecule has 1 unspecified atom stereocenters. The van der Waals surface area contributed by atoms with E-state index in [0.29, 0.717) is 24.0 Å². The molecule has 0 saturated carbocycles. The van der Waals surface area contributed by atoms with Crippen molar-refractivity contribution in [3.8, 4) is 5.88 Å². The van der Waals surface area contributed by atoms with Gasteiger partial charge in [-0.15, -0.1) is 5.10 Å². The molecule has 0 amide bonds. The number of carbonyl (C=O) groups excluding carboxylic acids is 1. The Morgan fingerprint density at radius 2 is 2.00 bits per heavy atom. The van der Waals surface area contributed by atoms with Crippen molar-refractivity contribution in [2.45, 2.75) is 52.3 Å². The standard InChI is InChI=1S/C16H30N2O3S/c1-9-12(2)11-18-13(15(19)20-6)10-14(17-18)21-22(7,8)16(3,4)5/h10,12H,9,11H2,1-8H3. The van der Waals surface area contributed by atoms with E-state index in [4.69, 9.17) is 8.92 Å². The highest BCUT2D eigenvalue weighted by molar-refractivity contribution is 8.30. The van der Waals surface area contributed by atoms with Crippen LogP contribution >= 0.6 is 10.3 Å². The normalized spacial score (nSPS) is 14.5. The smallest absolute Gasteiger partial charge is 0.356 e. The Hall–Kier alpha value is -1.17. The predicted octanol–water partition coefficient (Wildman–Crippen LogP) is 3.87. The van der Waals surface area contributed by atoms with Gasteiger partial charge >= 0.3 is 5.97 Å². The molecule has 0 aliphatic rings. The van der Waals surface area contributed by atoms with Crippen LogP contribution in [0.3, 0.4) is 0 Å². The lowest BCUT2D eigenvalue weighted by Gasteiger charge is -2.42. The average molecular weight is 330 g/mol. The summed E-state index contributed by atoms with van der Waals surface area (Å²) in [7, 11) is 0.0341. The second-order valence-electron chi connectivity index (χ2n) is 6.98. The second kappa shape index (κ2) is 6.94. The van der Waals surface area contributed by atoms with Gasteiger partial charge in [0.25, 0.3) is 0 Å². The lowest BCUT2D eigenvalue weighted by molar-refractivity contribution is 0.0585. The first kappa shape index (κ1) is 18.9. The van der Waals surface area contributed by atoms with Crippen LogP contribution in [0.1, 0.15) is 51.5 Å². The van der Waals surface area contributed by atoms with E-state index in [1.807, 2.05) is 0 Å². The molecule has 0 N–H and O–H groups in total. The van der Waals surface area contributed by atoms with Gasteiger partial charge in [-0.1, -0.05) is 30.6 Å². The Morgan fingerprint density at radius 3 is 2.45 bits per heavy atom. The molecule has 0 aliphatic heterocycles. The van der Waals surface area contributed by atoms with Crippen molar-refractivity contribution in [1.29, 1.82) is 0 Å². The van der Waals surface area contributed by atoms with Crippen LogP contribution in [0.2, 0.25) is 0 Å². The minimum absolute atomic E-state index is 0.0267. The fourth-order valence-electron chi connectivity index (χ4n) is 1.60. The summed E-state index contributed by atoms with van der Waals surface area (Å²) < 4.78 is 12.7. The molecule has 6 heteroatoms. The molecule has 0 radical (unpaired) electrons. The zero-order chi connectivity index (χ0) is 17.1. The highest BCUT2D eigenvalue weighted by atomic mass is 32.3. The van der Waals surface area contributed by atoms with Gasteiger partial charge in [0, 0.05) is 17.4 Å². The van der Waals surface area contributed by atoms with Crippen molar-refractivity contribution in [1.82, 2.24) is 9.78 Å². The molecule has 1 aromatic heterocycles. The summed E-state index contributed by atoms with van der Waals surface area (Å²) in [5, 5.41) is 4.48. The minimum atomic E-state index is -1.35. The maximum absolute atomic E-state index is 11.9. The van der Waals surface area contributed by atoms with E-state index < -0.39 is 10.3 Å². The van der Waals surface area contributed by atoms with Gasteiger partial charge in [-0.2, -0.15) is 0 Å². The lowest BCUT2D eigenvalue weighted by Crippen LogP contribution is -2.27. The lowest BCUT2D eigenvalue weighted by atomic mass is 10.1. The molecule has 1 aromatic rings. The monoisotopic (exact) mass is 330 g/mol. The topological polar surface area (TPSA) is 53.4 Å². The van der Waals surface area contributed by atoms with Crippen LogP contribution in [0.4, 0.5) is 0 Å². The van der Waals surface area contributed by atoms with Crippen molar-refractivity contribution in [3.63, 3.8) is 0 Å². The maximum Gasteiger partial charge on any atom is 0.356 e. The molecule has 1 atom stereocenters. The highest BCUT2D eigenvalue weighted by Crippen LogP contribution is 2.53. The SMILES string of the molecule is CCC(C)Cn1nc(OS(C)(C)C(C)(C)C)cc1C(=O)OC. The summed E-state index contributed by atoms with van der Waals surface area (Å²) in [6, 6.07) is 1.69. The minimum Gasteiger partial charge on any atom is -0.464 e. The van der Waals surface area contributed by atoms with Gasteiger partial charge in [0.15, 0.2) is 0 Å². The van der Waals surface area contributed by atoms with Crippen LogP contribution in [-0.2, 0) is 11.3 Å². The fraction of sp³-hybridized carbons (Fsp3) is 0.750. The van der Waals surface area contributed by atoms with E-state index in [1.165, 1.54) is 7.11 Å². The first-order valence-electron chi connectivity index (χ1n) is 7.60. The Labute approximate surface area is 135 Å². The number of esters is 1. The Balaban J connectivity index is 3.10. The Bertz CT molecular complexity index is 518. The van der Waals surface area contributed by atoms with Gasteiger partial charge < -0.3 is 8.92 Å². The van der Waals surface area contributed by atoms with Gasteiger partial charge in [-0.25, -0.2) is 4.79 Å².